The van der Waals surface area contributed by atoms with E-state index in [1.54, 1.807) is 40.1 Å². The molecule has 1 unspecified atom stereocenters. The van der Waals surface area contributed by atoms with Gasteiger partial charge in [-0.3, -0.25) is 4.98 Å². The van der Waals surface area contributed by atoms with Crippen molar-refractivity contribution in [1.29, 1.82) is 0 Å². The van der Waals surface area contributed by atoms with Crippen LogP contribution in [0.4, 0.5) is 0 Å². The number of hydrogen-bond acceptors (Lipinski definition) is 6. The minimum Gasteiger partial charge on any atom is -0.374 e. The third-order valence-electron chi connectivity index (χ3n) is 6.10. The zero-order valence-corrected chi connectivity index (χ0v) is 18.8. The number of imidazole rings is 1. The van der Waals surface area contributed by atoms with E-state index in [2.05, 4.69) is 25.5 Å². The highest BCUT2D eigenvalue weighted by Gasteiger charge is 2.37. The lowest BCUT2D eigenvalue weighted by Crippen LogP contribution is -2.31. The first-order valence-electron chi connectivity index (χ1n) is 10.6. The highest BCUT2D eigenvalue weighted by molar-refractivity contribution is 6.30. The molecule has 0 bridgehead atoms. The fourth-order valence-corrected chi connectivity index (χ4v) is 4.65. The van der Waals surface area contributed by atoms with Crippen molar-refractivity contribution in [2.24, 2.45) is 7.05 Å². The molecular formula is C25H18ClN7O. The average Bonchev–Trinajstić information content (AvgIpc) is 3.52. The van der Waals surface area contributed by atoms with Crippen LogP contribution in [0, 0.1) is 0 Å². The molecule has 8 nitrogen and oxygen atoms in total. The van der Waals surface area contributed by atoms with Gasteiger partial charge >= 0.3 is 0 Å². The molecule has 0 amide bonds. The lowest BCUT2D eigenvalue weighted by atomic mass is 9.83. The third-order valence-corrected chi connectivity index (χ3v) is 6.34. The molecule has 9 heteroatoms. The Morgan fingerprint density at radius 1 is 0.941 bits per heavy atom. The van der Waals surface area contributed by atoms with Gasteiger partial charge in [-0.25, -0.2) is 4.98 Å². The molecule has 4 heterocycles. The monoisotopic (exact) mass is 467 g/mol. The number of benzene rings is 2. The van der Waals surface area contributed by atoms with Gasteiger partial charge in [0.2, 0.25) is 0 Å². The van der Waals surface area contributed by atoms with Gasteiger partial charge in [0.05, 0.1) is 23.7 Å². The number of rotatable bonds is 4. The summed E-state index contributed by atoms with van der Waals surface area (Å²) in [5, 5.41) is 25.9. The van der Waals surface area contributed by atoms with Crippen molar-refractivity contribution < 1.29 is 5.11 Å². The first kappa shape index (κ1) is 20.5. The molecular weight excluding hydrogens is 450 g/mol. The van der Waals surface area contributed by atoms with Crippen LogP contribution >= 0.6 is 11.6 Å². The van der Waals surface area contributed by atoms with Crippen LogP contribution in [0.15, 0.2) is 85.6 Å². The second kappa shape index (κ2) is 7.72. The zero-order valence-electron chi connectivity index (χ0n) is 18.0. The van der Waals surface area contributed by atoms with Crippen LogP contribution < -0.4 is 0 Å². The van der Waals surface area contributed by atoms with Crippen LogP contribution in [0.1, 0.15) is 16.8 Å². The van der Waals surface area contributed by atoms with Crippen molar-refractivity contribution in [2.75, 3.05) is 0 Å². The van der Waals surface area contributed by atoms with E-state index in [4.69, 9.17) is 11.6 Å². The normalized spacial score (nSPS) is 13.4. The van der Waals surface area contributed by atoms with E-state index in [9.17, 15) is 5.11 Å². The molecule has 0 aliphatic carbocycles. The molecule has 1 atom stereocenters. The smallest absolute Gasteiger partial charge is 0.180 e. The molecule has 1 N–H and O–H groups in total. The van der Waals surface area contributed by atoms with Gasteiger partial charge in [-0.2, -0.15) is 4.52 Å². The van der Waals surface area contributed by atoms with Gasteiger partial charge in [0, 0.05) is 35.4 Å². The van der Waals surface area contributed by atoms with Gasteiger partial charge in [0.15, 0.2) is 11.2 Å². The SMILES string of the molecule is Cn1cncc1C(O)(c1cccnc1)c1ccc2c(c1)c(-c1cccc(Cl)c1)cc1nnnn12. The molecule has 0 saturated carbocycles. The van der Waals surface area contributed by atoms with Crippen molar-refractivity contribution in [1.82, 2.24) is 34.6 Å². The summed E-state index contributed by atoms with van der Waals surface area (Å²) in [5.41, 5.74) is 3.66. The molecule has 34 heavy (non-hydrogen) atoms. The van der Waals surface area contributed by atoms with Gasteiger partial charge in [0.1, 0.15) is 0 Å². The standard InChI is InChI=1S/C25H18ClN7O/c1-32-15-28-14-23(32)25(34,18-5-3-9-27-13-18)17-7-8-22-21(11-17)20(12-24-29-30-31-33(22)24)16-4-2-6-19(26)10-16/h2-15,34H,1H3. The number of tetrazole rings is 1. The van der Waals surface area contributed by atoms with Crippen LogP contribution in [-0.4, -0.2) is 39.7 Å². The third kappa shape index (κ3) is 3.07. The minimum absolute atomic E-state index is 0.615. The molecule has 6 rings (SSSR count). The molecule has 0 saturated heterocycles. The van der Waals surface area contributed by atoms with Crippen LogP contribution in [0.5, 0.6) is 0 Å². The largest absolute Gasteiger partial charge is 0.374 e. The van der Waals surface area contributed by atoms with Crippen molar-refractivity contribution >= 4 is 28.2 Å². The van der Waals surface area contributed by atoms with E-state index >= 15 is 0 Å². The highest BCUT2D eigenvalue weighted by Crippen LogP contribution is 2.39. The quantitative estimate of drug-likeness (QED) is 0.421. The molecule has 0 spiro atoms. The van der Waals surface area contributed by atoms with E-state index in [1.807, 2.05) is 61.6 Å². The summed E-state index contributed by atoms with van der Waals surface area (Å²) in [6.07, 6.45) is 6.68. The van der Waals surface area contributed by atoms with Crippen LogP contribution in [0.25, 0.3) is 27.7 Å². The number of halogens is 1. The van der Waals surface area contributed by atoms with Gasteiger partial charge in [0.25, 0.3) is 0 Å². The summed E-state index contributed by atoms with van der Waals surface area (Å²) in [4.78, 5) is 8.50. The van der Waals surface area contributed by atoms with Crippen molar-refractivity contribution in [3.05, 3.63) is 107 Å². The maximum Gasteiger partial charge on any atom is 0.180 e. The predicted octanol–water partition coefficient (Wildman–Crippen LogP) is 4.01. The van der Waals surface area contributed by atoms with Crippen LogP contribution in [-0.2, 0) is 12.6 Å². The molecule has 2 aromatic carbocycles. The number of fused-ring (bicyclic) bond motifs is 3. The molecule has 0 radical (unpaired) electrons. The topological polar surface area (TPSA) is 94.0 Å². The minimum atomic E-state index is -1.49. The summed E-state index contributed by atoms with van der Waals surface area (Å²) in [6.45, 7) is 0. The summed E-state index contributed by atoms with van der Waals surface area (Å²) in [6, 6.07) is 19.0. The van der Waals surface area contributed by atoms with Crippen molar-refractivity contribution in [3.63, 3.8) is 0 Å². The Hall–Kier alpha value is -4.14. The molecule has 0 aliphatic rings. The van der Waals surface area contributed by atoms with Crippen LogP contribution in [0.3, 0.4) is 0 Å². The molecule has 166 valence electrons. The number of nitrogens with zero attached hydrogens (tertiary/aromatic N) is 7. The van der Waals surface area contributed by atoms with Crippen LogP contribution in [0.2, 0.25) is 5.02 Å². The Morgan fingerprint density at radius 3 is 2.62 bits per heavy atom. The second-order valence-electron chi connectivity index (χ2n) is 8.09. The maximum absolute atomic E-state index is 12.3. The number of hydrogen-bond donors (Lipinski definition) is 1. The zero-order chi connectivity index (χ0) is 23.3. The van der Waals surface area contributed by atoms with Gasteiger partial charge in [-0.1, -0.05) is 35.9 Å². The van der Waals surface area contributed by atoms with E-state index in [-0.39, 0.29) is 0 Å². The van der Waals surface area contributed by atoms with Crippen molar-refractivity contribution in [2.45, 2.75) is 5.60 Å². The Kier molecular flexibility index (Phi) is 4.65. The van der Waals surface area contributed by atoms with Gasteiger partial charge < -0.3 is 9.67 Å². The lowest BCUT2D eigenvalue weighted by molar-refractivity contribution is 0.117. The highest BCUT2D eigenvalue weighted by atomic mass is 35.5. The summed E-state index contributed by atoms with van der Waals surface area (Å²) in [7, 11) is 1.85. The number of aryl methyl sites for hydroxylation is 1. The maximum atomic E-state index is 12.3. The summed E-state index contributed by atoms with van der Waals surface area (Å²) >= 11 is 6.31. The fourth-order valence-electron chi connectivity index (χ4n) is 4.46. The first-order chi connectivity index (χ1) is 16.6. The first-order valence-corrected chi connectivity index (χ1v) is 10.9. The van der Waals surface area contributed by atoms with Gasteiger partial charge in [-0.05, 0) is 63.5 Å². The molecule has 0 fully saturated rings. The Bertz CT molecular complexity index is 1660. The lowest BCUT2D eigenvalue weighted by Gasteiger charge is -2.29. The number of pyridine rings is 2. The fraction of sp³-hybridized carbons (Fsp3) is 0.0800. The average molecular weight is 468 g/mol. The molecule has 6 aromatic rings. The predicted molar refractivity (Wildman–Crippen MR) is 128 cm³/mol. The number of aromatic nitrogens is 7. The molecule has 0 aliphatic heterocycles. The van der Waals surface area contributed by atoms with Gasteiger partial charge in [-0.15, -0.1) is 5.10 Å². The van der Waals surface area contributed by atoms with E-state index in [0.717, 1.165) is 22.0 Å². The van der Waals surface area contributed by atoms with E-state index < -0.39 is 5.60 Å². The molecule has 4 aromatic heterocycles. The Balaban J connectivity index is 1.69. The number of aliphatic hydroxyl groups is 1. The van der Waals surface area contributed by atoms with E-state index in [1.165, 1.54) is 0 Å². The summed E-state index contributed by atoms with van der Waals surface area (Å²) < 4.78 is 3.49. The van der Waals surface area contributed by atoms with Crippen molar-refractivity contribution in [3.8, 4) is 11.1 Å². The second-order valence-corrected chi connectivity index (χ2v) is 8.53. The van der Waals surface area contributed by atoms with E-state index in [0.29, 0.717) is 27.5 Å². The summed E-state index contributed by atoms with van der Waals surface area (Å²) in [5.74, 6) is 0. The Labute approximate surface area is 199 Å². The Morgan fingerprint density at radius 2 is 1.85 bits per heavy atom.